The number of hydrogen-bond acceptors (Lipinski definition) is 8. The van der Waals surface area contributed by atoms with Crippen molar-refractivity contribution >= 4 is 28.6 Å². The van der Waals surface area contributed by atoms with Crippen molar-refractivity contribution in [2.45, 2.75) is 19.6 Å². The second kappa shape index (κ2) is 7.46. The topological polar surface area (TPSA) is 137 Å². The van der Waals surface area contributed by atoms with Gasteiger partial charge in [-0.1, -0.05) is 0 Å². The summed E-state index contributed by atoms with van der Waals surface area (Å²) < 4.78 is 52.0. The number of pyridine rings is 1. The van der Waals surface area contributed by atoms with Gasteiger partial charge in [0.05, 0.1) is 5.56 Å². The van der Waals surface area contributed by atoms with Gasteiger partial charge in [0.25, 0.3) is 5.65 Å². The zero-order valence-electron chi connectivity index (χ0n) is 14.9. The molecule has 0 saturated heterocycles. The molecule has 10 nitrogen and oxygen atoms in total. The molecule has 0 spiro atoms. The molecule has 0 aliphatic carbocycles. The minimum atomic E-state index is -4.73. The fourth-order valence-electron chi connectivity index (χ4n) is 2.70. The van der Waals surface area contributed by atoms with Crippen molar-refractivity contribution in [3.05, 3.63) is 67.0 Å². The van der Waals surface area contributed by atoms with Crippen LogP contribution in [-0.4, -0.2) is 24.8 Å². The zero-order valence-corrected chi connectivity index (χ0v) is 14.9. The van der Waals surface area contributed by atoms with Crippen molar-refractivity contribution in [2.75, 3.05) is 5.32 Å². The first-order valence-corrected chi connectivity index (χ1v) is 8.04. The minimum Gasteiger partial charge on any atom is -0.389 e. The quantitative estimate of drug-likeness (QED) is 0.368. The van der Waals surface area contributed by atoms with Gasteiger partial charge in [-0.25, -0.2) is 4.39 Å². The summed E-state index contributed by atoms with van der Waals surface area (Å²) in [7, 11) is 0. The summed E-state index contributed by atoms with van der Waals surface area (Å²) in [5, 5.41) is 24.7. The Morgan fingerprint density at radius 2 is 1.73 bits per heavy atom. The van der Waals surface area contributed by atoms with Gasteiger partial charge in [-0.2, -0.15) is 18.2 Å². The van der Waals surface area contributed by atoms with E-state index in [1.807, 2.05) is 0 Å². The molecule has 2 heterocycles. The lowest BCUT2D eigenvalue weighted by atomic mass is 10.1. The van der Waals surface area contributed by atoms with Crippen LogP contribution in [0, 0.1) is 33.0 Å². The van der Waals surface area contributed by atoms with Crippen LogP contribution in [0.25, 0.3) is 11.0 Å². The number of nitrogens with zero attached hydrogens (tertiary/aromatic N) is 5. The number of aryl methyl sites for hydroxylation is 1. The lowest BCUT2D eigenvalue weighted by Crippen LogP contribution is -2.09. The number of halogens is 4. The zero-order chi connectivity index (χ0) is 22.2. The summed E-state index contributed by atoms with van der Waals surface area (Å²) in [6.07, 6.45) is -4.73. The van der Waals surface area contributed by atoms with E-state index >= 15 is 0 Å². The van der Waals surface area contributed by atoms with E-state index in [0.29, 0.717) is 6.07 Å². The van der Waals surface area contributed by atoms with Crippen LogP contribution in [0.2, 0.25) is 0 Å². The number of anilines is 1. The van der Waals surface area contributed by atoms with Gasteiger partial charge in [-0.05, 0) is 57.1 Å². The van der Waals surface area contributed by atoms with Crippen LogP contribution in [0.3, 0.4) is 0 Å². The van der Waals surface area contributed by atoms with Crippen LogP contribution in [0.4, 0.5) is 35.1 Å². The summed E-state index contributed by atoms with van der Waals surface area (Å²) in [6, 6.07) is 3.33. The number of nitro groups is 2. The molecule has 0 aliphatic rings. The van der Waals surface area contributed by atoms with E-state index in [2.05, 4.69) is 20.3 Å². The van der Waals surface area contributed by atoms with E-state index in [1.54, 1.807) is 0 Å². The van der Waals surface area contributed by atoms with Crippen molar-refractivity contribution in [1.82, 2.24) is 15.0 Å². The van der Waals surface area contributed by atoms with Crippen LogP contribution >= 0.6 is 0 Å². The molecule has 0 saturated carbocycles. The summed E-state index contributed by atoms with van der Waals surface area (Å²) in [4.78, 5) is 31.0. The number of alkyl halides is 3. The average Bonchev–Trinajstić information content (AvgIpc) is 2.64. The fraction of sp³-hybridized carbons (Fsp3) is 0.188. The van der Waals surface area contributed by atoms with Crippen LogP contribution in [0.5, 0.6) is 0 Å². The van der Waals surface area contributed by atoms with Crippen molar-refractivity contribution in [3.8, 4) is 0 Å². The highest BCUT2D eigenvalue weighted by Gasteiger charge is 2.31. The molecular weight excluding hydrogens is 416 g/mol. The molecule has 30 heavy (non-hydrogen) atoms. The fourth-order valence-corrected chi connectivity index (χ4v) is 2.70. The first-order chi connectivity index (χ1) is 14.0. The van der Waals surface area contributed by atoms with Crippen molar-refractivity contribution in [3.63, 3.8) is 0 Å². The molecule has 0 fully saturated rings. The maximum atomic E-state index is 13.5. The molecule has 1 N–H and O–H groups in total. The first kappa shape index (κ1) is 20.8. The lowest BCUT2D eigenvalue weighted by molar-refractivity contribution is -0.405. The molecule has 3 aromatic rings. The SMILES string of the molecule is Cc1cc(NCc2cc(F)cc(C(F)(F)F)c2)nc2nc([N+](=O)[O-])nc([N+](=O)[O-])c12. The highest BCUT2D eigenvalue weighted by atomic mass is 19.4. The van der Waals surface area contributed by atoms with E-state index in [1.165, 1.54) is 13.0 Å². The highest BCUT2D eigenvalue weighted by molar-refractivity contribution is 5.88. The molecule has 0 amide bonds. The Hall–Kier alpha value is -3.97. The van der Waals surface area contributed by atoms with E-state index in [4.69, 9.17) is 0 Å². The molecule has 0 bridgehead atoms. The number of aromatic nitrogens is 3. The van der Waals surface area contributed by atoms with Crippen molar-refractivity contribution in [1.29, 1.82) is 0 Å². The Labute approximate surface area is 163 Å². The van der Waals surface area contributed by atoms with Crippen LogP contribution < -0.4 is 5.32 Å². The number of rotatable bonds is 5. The predicted octanol–water partition coefficient (Wildman–Crippen LogP) is 3.92. The van der Waals surface area contributed by atoms with E-state index in [9.17, 15) is 37.8 Å². The molecule has 14 heteroatoms. The number of hydrogen-bond donors (Lipinski definition) is 1. The molecule has 2 aromatic heterocycles. The Morgan fingerprint density at radius 1 is 1.03 bits per heavy atom. The lowest BCUT2D eigenvalue weighted by Gasteiger charge is -2.11. The number of fused-ring (bicyclic) bond motifs is 1. The maximum absolute atomic E-state index is 13.5. The van der Waals surface area contributed by atoms with Crippen molar-refractivity contribution in [2.24, 2.45) is 0 Å². The molecule has 0 radical (unpaired) electrons. The van der Waals surface area contributed by atoms with Gasteiger partial charge in [0.1, 0.15) is 17.0 Å². The maximum Gasteiger partial charge on any atom is 0.511 e. The van der Waals surface area contributed by atoms with Crippen molar-refractivity contribution < 1.29 is 27.4 Å². The highest BCUT2D eigenvalue weighted by Crippen LogP contribution is 2.31. The summed E-state index contributed by atoms with van der Waals surface area (Å²) in [5.41, 5.74) is -1.30. The molecule has 0 atom stereocenters. The second-order valence-electron chi connectivity index (χ2n) is 6.08. The van der Waals surface area contributed by atoms with Gasteiger partial charge < -0.3 is 25.5 Å². The van der Waals surface area contributed by atoms with E-state index in [0.717, 1.165) is 12.1 Å². The number of benzene rings is 1. The smallest absolute Gasteiger partial charge is 0.389 e. The summed E-state index contributed by atoms with van der Waals surface area (Å²) >= 11 is 0. The molecule has 1 aromatic carbocycles. The molecule has 3 rings (SSSR count). The predicted molar refractivity (Wildman–Crippen MR) is 94.1 cm³/mol. The molecule has 0 unspecified atom stereocenters. The molecule has 156 valence electrons. The van der Waals surface area contributed by atoms with Gasteiger partial charge in [-0.15, -0.1) is 0 Å². The van der Waals surface area contributed by atoms with Gasteiger partial charge in [0, 0.05) is 11.5 Å². The average molecular weight is 426 g/mol. The number of nitrogens with one attached hydrogen (secondary N) is 1. The standard InChI is InChI=1S/C16H10F4N6O4/c1-7-2-11(21-6-8-3-9(16(18,19)20)5-10(17)4-8)22-13-12(7)14(25(27)28)24-15(23-13)26(29)30/h2-5H,6H2,1H3,(H,21,22,23,24). The summed E-state index contributed by atoms with van der Waals surface area (Å²) in [5.74, 6) is -2.90. The molecular formula is C16H10F4N6O4. The third-order valence-corrected chi connectivity index (χ3v) is 3.93. The van der Waals surface area contributed by atoms with Crippen LogP contribution in [0.15, 0.2) is 24.3 Å². The Balaban J connectivity index is 1.99. The van der Waals surface area contributed by atoms with Gasteiger partial charge in [0.2, 0.25) is 0 Å². The van der Waals surface area contributed by atoms with E-state index < -0.39 is 39.2 Å². The third kappa shape index (κ3) is 4.21. The van der Waals surface area contributed by atoms with Gasteiger partial charge in [-0.3, -0.25) is 0 Å². The monoisotopic (exact) mass is 426 g/mol. The Kier molecular flexibility index (Phi) is 5.16. The summed E-state index contributed by atoms with van der Waals surface area (Å²) in [6.45, 7) is 1.18. The largest absolute Gasteiger partial charge is 0.511 e. The van der Waals surface area contributed by atoms with Crippen LogP contribution in [0.1, 0.15) is 16.7 Å². The second-order valence-corrected chi connectivity index (χ2v) is 6.08. The Morgan fingerprint density at radius 3 is 2.33 bits per heavy atom. The Bertz CT molecular complexity index is 1180. The first-order valence-electron chi connectivity index (χ1n) is 8.04. The van der Waals surface area contributed by atoms with E-state index in [-0.39, 0.29) is 34.5 Å². The van der Waals surface area contributed by atoms with Crippen LogP contribution in [-0.2, 0) is 12.7 Å². The minimum absolute atomic E-state index is 0.0140. The van der Waals surface area contributed by atoms with Gasteiger partial charge >= 0.3 is 17.9 Å². The third-order valence-electron chi connectivity index (χ3n) is 3.93. The molecule has 0 aliphatic heterocycles. The van der Waals surface area contributed by atoms with Gasteiger partial charge in [0.15, 0.2) is 0 Å². The normalized spacial score (nSPS) is 11.5.